The number of halogens is 1. The molecular weight excluding hydrogens is 402 g/mol. The van der Waals surface area contributed by atoms with Crippen molar-refractivity contribution in [3.8, 4) is 0 Å². The third-order valence-electron chi connectivity index (χ3n) is 5.18. The van der Waals surface area contributed by atoms with Crippen LogP contribution in [-0.2, 0) is 9.53 Å². The van der Waals surface area contributed by atoms with E-state index in [0.717, 1.165) is 39.1 Å². The maximum absolute atomic E-state index is 12.7. The number of benzene rings is 2. The molecule has 0 spiro atoms. The number of carbonyl (C=O) groups is 2. The van der Waals surface area contributed by atoms with Crippen molar-refractivity contribution >= 4 is 34.8 Å². The summed E-state index contributed by atoms with van der Waals surface area (Å²) in [6.07, 6.45) is 2.07. The number of nitrogens with zero attached hydrogens (tertiary/aromatic N) is 1. The first-order valence-electron chi connectivity index (χ1n) is 10.3. The minimum atomic E-state index is -0.287. The molecule has 0 radical (unpaired) electrons. The summed E-state index contributed by atoms with van der Waals surface area (Å²) >= 11 is 5.89. The number of nitrogens with one attached hydrogen (secondary N) is 2. The second-order valence-electron chi connectivity index (χ2n) is 7.43. The van der Waals surface area contributed by atoms with Gasteiger partial charge in [0, 0.05) is 23.9 Å². The Morgan fingerprint density at radius 3 is 2.47 bits per heavy atom. The maximum atomic E-state index is 12.7. The lowest BCUT2D eigenvalue weighted by Gasteiger charge is -2.31. The molecule has 1 heterocycles. The Labute approximate surface area is 182 Å². The summed E-state index contributed by atoms with van der Waals surface area (Å²) in [6, 6.07) is 13.9. The van der Waals surface area contributed by atoms with E-state index in [1.807, 2.05) is 6.92 Å². The molecule has 1 fully saturated rings. The molecule has 7 heteroatoms. The maximum Gasteiger partial charge on any atom is 0.257 e. The quantitative estimate of drug-likeness (QED) is 0.657. The lowest BCUT2D eigenvalue weighted by atomic mass is 9.98. The molecule has 0 bridgehead atoms. The van der Waals surface area contributed by atoms with Crippen LogP contribution >= 0.6 is 11.6 Å². The van der Waals surface area contributed by atoms with Gasteiger partial charge in [-0.2, -0.15) is 0 Å². The predicted molar refractivity (Wildman–Crippen MR) is 120 cm³/mol. The van der Waals surface area contributed by atoms with Crippen molar-refractivity contribution in [3.05, 3.63) is 59.1 Å². The van der Waals surface area contributed by atoms with E-state index < -0.39 is 0 Å². The molecular formula is C23H28ClN3O3. The second-order valence-corrected chi connectivity index (χ2v) is 7.87. The Morgan fingerprint density at radius 1 is 1.07 bits per heavy atom. The molecule has 1 aliphatic heterocycles. The van der Waals surface area contributed by atoms with Crippen LogP contribution in [0.2, 0.25) is 5.02 Å². The van der Waals surface area contributed by atoms with Crippen LogP contribution in [0, 0.1) is 5.92 Å². The Morgan fingerprint density at radius 2 is 1.77 bits per heavy atom. The SMILES string of the molecule is CCOCC1CCN(CC(=O)Nc2ccccc2C(=O)Nc2ccc(Cl)cc2)CC1. The van der Waals surface area contributed by atoms with Gasteiger partial charge in [0.25, 0.3) is 5.91 Å². The fraction of sp³-hybridized carbons (Fsp3) is 0.391. The highest BCUT2D eigenvalue weighted by molar-refractivity contribution is 6.30. The molecule has 2 amide bonds. The third-order valence-corrected chi connectivity index (χ3v) is 5.43. The second kappa shape index (κ2) is 11.1. The number of amides is 2. The van der Waals surface area contributed by atoms with Crippen LogP contribution in [0.5, 0.6) is 0 Å². The van der Waals surface area contributed by atoms with Crippen LogP contribution in [0.1, 0.15) is 30.1 Å². The largest absolute Gasteiger partial charge is 0.381 e. The van der Waals surface area contributed by atoms with E-state index in [0.29, 0.717) is 34.4 Å². The summed E-state index contributed by atoms with van der Waals surface area (Å²) in [5.41, 5.74) is 1.55. The molecule has 0 aliphatic carbocycles. The van der Waals surface area contributed by atoms with Gasteiger partial charge in [-0.25, -0.2) is 0 Å². The minimum Gasteiger partial charge on any atom is -0.381 e. The number of rotatable bonds is 8. The average molecular weight is 430 g/mol. The molecule has 1 aliphatic rings. The molecule has 2 aromatic rings. The molecule has 0 aromatic heterocycles. The van der Waals surface area contributed by atoms with Crippen molar-refractivity contribution in [1.29, 1.82) is 0 Å². The number of likely N-dealkylation sites (tertiary alicyclic amines) is 1. The molecule has 3 rings (SSSR count). The van der Waals surface area contributed by atoms with Gasteiger partial charge in [0.1, 0.15) is 0 Å². The zero-order valence-corrected chi connectivity index (χ0v) is 18.0. The van der Waals surface area contributed by atoms with E-state index in [-0.39, 0.29) is 11.8 Å². The molecule has 160 valence electrons. The summed E-state index contributed by atoms with van der Waals surface area (Å²) in [6.45, 7) is 5.62. The van der Waals surface area contributed by atoms with Gasteiger partial charge in [-0.15, -0.1) is 0 Å². The Hall–Kier alpha value is -2.41. The van der Waals surface area contributed by atoms with Gasteiger partial charge in [-0.05, 0) is 75.2 Å². The number of piperidine rings is 1. The van der Waals surface area contributed by atoms with Gasteiger partial charge in [-0.1, -0.05) is 23.7 Å². The highest BCUT2D eigenvalue weighted by Crippen LogP contribution is 2.20. The van der Waals surface area contributed by atoms with Crippen molar-refractivity contribution in [2.45, 2.75) is 19.8 Å². The minimum absolute atomic E-state index is 0.120. The van der Waals surface area contributed by atoms with Crippen LogP contribution in [0.15, 0.2) is 48.5 Å². The highest BCUT2D eigenvalue weighted by atomic mass is 35.5. The zero-order valence-electron chi connectivity index (χ0n) is 17.2. The van der Waals surface area contributed by atoms with Gasteiger partial charge in [0.15, 0.2) is 0 Å². The van der Waals surface area contributed by atoms with Crippen LogP contribution in [0.3, 0.4) is 0 Å². The van der Waals surface area contributed by atoms with E-state index in [2.05, 4.69) is 15.5 Å². The first-order chi connectivity index (χ1) is 14.5. The number of hydrogen-bond acceptors (Lipinski definition) is 4. The Balaban J connectivity index is 1.55. The topological polar surface area (TPSA) is 70.7 Å². The van der Waals surface area contributed by atoms with E-state index in [4.69, 9.17) is 16.3 Å². The molecule has 0 unspecified atom stereocenters. The van der Waals surface area contributed by atoms with Crippen LogP contribution in [0.25, 0.3) is 0 Å². The summed E-state index contributed by atoms with van der Waals surface area (Å²) in [5, 5.41) is 6.32. The zero-order chi connectivity index (χ0) is 21.3. The molecule has 1 saturated heterocycles. The Kier molecular flexibility index (Phi) is 8.25. The van der Waals surface area contributed by atoms with Gasteiger partial charge in [0.2, 0.25) is 5.91 Å². The van der Waals surface area contributed by atoms with Gasteiger partial charge in [-0.3, -0.25) is 14.5 Å². The monoisotopic (exact) mass is 429 g/mol. The third kappa shape index (κ3) is 6.55. The predicted octanol–water partition coefficient (Wildman–Crippen LogP) is 4.28. The normalized spacial score (nSPS) is 15.0. The van der Waals surface area contributed by atoms with Crippen LogP contribution in [0.4, 0.5) is 11.4 Å². The number of para-hydroxylation sites is 1. The molecule has 6 nitrogen and oxygen atoms in total. The number of hydrogen-bond donors (Lipinski definition) is 2. The molecule has 0 saturated carbocycles. The summed E-state index contributed by atoms with van der Waals surface area (Å²) in [4.78, 5) is 27.4. The lowest BCUT2D eigenvalue weighted by molar-refractivity contribution is -0.117. The summed E-state index contributed by atoms with van der Waals surface area (Å²) in [5.74, 6) is 0.163. The summed E-state index contributed by atoms with van der Waals surface area (Å²) < 4.78 is 5.51. The van der Waals surface area contributed by atoms with Crippen molar-refractivity contribution < 1.29 is 14.3 Å². The van der Waals surface area contributed by atoms with Gasteiger partial charge in [0.05, 0.1) is 17.8 Å². The van der Waals surface area contributed by atoms with Gasteiger partial charge >= 0.3 is 0 Å². The molecule has 2 N–H and O–H groups in total. The first kappa shape index (κ1) is 22.3. The molecule has 30 heavy (non-hydrogen) atoms. The lowest BCUT2D eigenvalue weighted by Crippen LogP contribution is -2.40. The standard InChI is InChI=1S/C23H28ClN3O3/c1-2-30-16-17-11-13-27(14-12-17)15-22(28)26-21-6-4-3-5-20(21)23(29)25-19-9-7-18(24)8-10-19/h3-10,17H,2,11-16H2,1H3,(H,25,29)(H,26,28). The smallest absolute Gasteiger partial charge is 0.257 e. The Bertz CT molecular complexity index is 849. The fourth-order valence-electron chi connectivity index (χ4n) is 3.51. The van der Waals surface area contributed by atoms with Crippen molar-refractivity contribution in [1.82, 2.24) is 4.90 Å². The van der Waals surface area contributed by atoms with Gasteiger partial charge < -0.3 is 15.4 Å². The number of anilines is 2. The van der Waals surface area contributed by atoms with E-state index in [1.165, 1.54) is 0 Å². The van der Waals surface area contributed by atoms with Crippen molar-refractivity contribution in [2.75, 3.05) is 43.5 Å². The highest BCUT2D eigenvalue weighted by Gasteiger charge is 2.21. The van der Waals surface area contributed by atoms with Crippen molar-refractivity contribution in [2.24, 2.45) is 5.92 Å². The summed E-state index contributed by atoms with van der Waals surface area (Å²) in [7, 11) is 0. The van der Waals surface area contributed by atoms with Crippen LogP contribution < -0.4 is 10.6 Å². The van der Waals surface area contributed by atoms with Crippen LogP contribution in [-0.4, -0.2) is 49.6 Å². The number of carbonyl (C=O) groups excluding carboxylic acids is 2. The van der Waals surface area contributed by atoms with E-state index >= 15 is 0 Å². The molecule has 0 atom stereocenters. The van der Waals surface area contributed by atoms with Crippen molar-refractivity contribution in [3.63, 3.8) is 0 Å². The molecule has 2 aromatic carbocycles. The van der Waals surface area contributed by atoms with E-state index in [1.54, 1.807) is 48.5 Å². The first-order valence-corrected chi connectivity index (χ1v) is 10.7. The fourth-order valence-corrected chi connectivity index (χ4v) is 3.64. The van der Waals surface area contributed by atoms with E-state index in [9.17, 15) is 9.59 Å². The number of ether oxygens (including phenoxy) is 1. The average Bonchev–Trinajstić information content (AvgIpc) is 2.75.